The van der Waals surface area contributed by atoms with Crippen LogP contribution in [0, 0.1) is 0 Å². The van der Waals surface area contributed by atoms with Crippen LogP contribution in [-0.4, -0.2) is 35.6 Å². The summed E-state index contributed by atoms with van der Waals surface area (Å²) in [6.45, 7) is 0.118. The van der Waals surface area contributed by atoms with Crippen LogP contribution in [0.4, 0.5) is 4.79 Å². The van der Waals surface area contributed by atoms with Crippen LogP contribution in [0.2, 0.25) is 0 Å². The van der Waals surface area contributed by atoms with Gasteiger partial charge in [-0.2, -0.15) is 0 Å². The summed E-state index contributed by atoms with van der Waals surface area (Å²) < 4.78 is 0. The molecule has 0 heterocycles. The van der Waals surface area contributed by atoms with Crippen LogP contribution in [0.3, 0.4) is 0 Å². The lowest BCUT2D eigenvalue weighted by atomic mass is 10.4. The van der Waals surface area contributed by atoms with Crippen molar-refractivity contribution in [2.75, 3.05) is 13.2 Å². The SMILES string of the molecule is NC(=O)N(C=O)CCCO. The van der Waals surface area contributed by atoms with Crippen molar-refractivity contribution in [1.29, 1.82) is 0 Å². The third-order valence-electron chi connectivity index (χ3n) is 0.967. The molecule has 58 valence electrons. The lowest BCUT2D eigenvalue weighted by molar-refractivity contribution is -0.115. The van der Waals surface area contributed by atoms with Crippen molar-refractivity contribution in [3.63, 3.8) is 0 Å². The van der Waals surface area contributed by atoms with Crippen molar-refractivity contribution in [2.45, 2.75) is 6.42 Å². The van der Waals surface area contributed by atoms with Crippen LogP contribution in [0.25, 0.3) is 0 Å². The Hall–Kier alpha value is -1.10. The minimum Gasteiger partial charge on any atom is -0.396 e. The molecule has 5 nitrogen and oxygen atoms in total. The third kappa shape index (κ3) is 3.03. The molecule has 0 aromatic carbocycles. The minimum atomic E-state index is -0.788. The molecule has 3 amide bonds. The first-order valence-corrected chi connectivity index (χ1v) is 2.84. The number of hydrogen-bond donors (Lipinski definition) is 2. The Morgan fingerprint density at radius 2 is 2.30 bits per heavy atom. The molecule has 0 bridgehead atoms. The molecule has 0 fully saturated rings. The van der Waals surface area contributed by atoms with Crippen molar-refractivity contribution in [3.8, 4) is 0 Å². The van der Waals surface area contributed by atoms with Crippen molar-refractivity contribution in [2.24, 2.45) is 5.73 Å². The highest BCUT2D eigenvalue weighted by molar-refractivity contribution is 5.83. The first-order chi connectivity index (χ1) is 4.72. The summed E-state index contributed by atoms with van der Waals surface area (Å²) in [5.41, 5.74) is 4.76. The summed E-state index contributed by atoms with van der Waals surface area (Å²) in [4.78, 5) is 21.1. The van der Waals surface area contributed by atoms with Gasteiger partial charge in [0.15, 0.2) is 0 Å². The first kappa shape index (κ1) is 8.90. The monoisotopic (exact) mass is 146 g/mol. The molecule has 0 radical (unpaired) electrons. The van der Waals surface area contributed by atoms with E-state index >= 15 is 0 Å². The quantitative estimate of drug-likeness (QED) is 0.494. The summed E-state index contributed by atoms with van der Waals surface area (Å²) in [5.74, 6) is 0. The van der Waals surface area contributed by atoms with E-state index in [4.69, 9.17) is 10.8 Å². The molecule has 0 aromatic heterocycles. The van der Waals surface area contributed by atoms with Gasteiger partial charge >= 0.3 is 6.03 Å². The van der Waals surface area contributed by atoms with E-state index in [0.717, 1.165) is 4.90 Å². The smallest absolute Gasteiger partial charge is 0.321 e. The van der Waals surface area contributed by atoms with Gasteiger partial charge in [-0.1, -0.05) is 0 Å². The molecule has 0 saturated heterocycles. The number of imide groups is 1. The van der Waals surface area contributed by atoms with Gasteiger partial charge in [-0.25, -0.2) is 4.79 Å². The maximum absolute atomic E-state index is 10.3. The molecule has 5 heteroatoms. The largest absolute Gasteiger partial charge is 0.396 e. The topological polar surface area (TPSA) is 83.6 Å². The number of primary amides is 1. The molecule has 0 aliphatic carbocycles. The third-order valence-corrected chi connectivity index (χ3v) is 0.967. The second-order valence-corrected chi connectivity index (χ2v) is 1.71. The normalized spacial score (nSPS) is 8.90. The van der Waals surface area contributed by atoms with Crippen molar-refractivity contribution >= 4 is 12.4 Å². The molecule has 0 atom stereocenters. The second kappa shape index (κ2) is 4.75. The predicted octanol–water partition coefficient (Wildman–Crippen LogP) is -1.09. The molecule has 10 heavy (non-hydrogen) atoms. The standard InChI is InChI=1S/C5H10N2O3/c6-5(10)7(4-9)2-1-3-8/h4,8H,1-3H2,(H2,6,10). The first-order valence-electron chi connectivity index (χ1n) is 2.84. The van der Waals surface area contributed by atoms with Crippen LogP contribution in [0.15, 0.2) is 0 Å². The summed E-state index contributed by atoms with van der Waals surface area (Å²) in [6.07, 6.45) is 0.708. The van der Waals surface area contributed by atoms with Crippen molar-refractivity contribution in [1.82, 2.24) is 4.90 Å². The summed E-state index contributed by atoms with van der Waals surface area (Å²) in [5, 5.41) is 8.30. The van der Waals surface area contributed by atoms with Crippen LogP contribution in [-0.2, 0) is 4.79 Å². The van der Waals surface area contributed by atoms with E-state index in [2.05, 4.69) is 0 Å². The summed E-state index contributed by atoms with van der Waals surface area (Å²) in [7, 11) is 0. The van der Waals surface area contributed by atoms with E-state index in [1.54, 1.807) is 0 Å². The van der Waals surface area contributed by atoms with Crippen molar-refractivity contribution in [3.05, 3.63) is 0 Å². The Morgan fingerprint density at radius 1 is 1.70 bits per heavy atom. The molecule has 0 aliphatic heterocycles. The number of aliphatic hydroxyl groups is 1. The number of carbonyl (C=O) groups is 2. The number of amides is 3. The lowest BCUT2D eigenvalue weighted by Crippen LogP contribution is -2.35. The Bertz CT molecular complexity index is 126. The van der Waals surface area contributed by atoms with Gasteiger partial charge in [0, 0.05) is 13.2 Å². The van der Waals surface area contributed by atoms with Crippen molar-refractivity contribution < 1.29 is 14.7 Å². The average Bonchev–Trinajstić information content (AvgIpc) is 1.89. The Kier molecular flexibility index (Phi) is 4.23. The number of nitrogens with zero attached hydrogens (tertiary/aromatic N) is 1. The fourth-order valence-corrected chi connectivity index (χ4v) is 0.456. The molecule has 0 saturated carbocycles. The van der Waals surface area contributed by atoms with Crippen LogP contribution in [0.1, 0.15) is 6.42 Å². The van der Waals surface area contributed by atoms with Gasteiger partial charge in [-0.15, -0.1) is 0 Å². The molecular weight excluding hydrogens is 136 g/mol. The van der Waals surface area contributed by atoms with Gasteiger partial charge in [0.25, 0.3) is 0 Å². The zero-order valence-corrected chi connectivity index (χ0v) is 5.49. The number of nitrogens with two attached hydrogens (primary N) is 1. The van der Waals surface area contributed by atoms with Gasteiger partial charge < -0.3 is 10.8 Å². The molecular formula is C5H10N2O3. The van der Waals surface area contributed by atoms with Gasteiger partial charge in [0.1, 0.15) is 0 Å². The highest BCUT2D eigenvalue weighted by atomic mass is 16.3. The summed E-state index contributed by atoms with van der Waals surface area (Å²) >= 11 is 0. The van der Waals surface area contributed by atoms with Gasteiger partial charge in [-0.05, 0) is 6.42 Å². The number of aliphatic hydroxyl groups excluding tert-OH is 1. The van der Waals surface area contributed by atoms with E-state index in [1.807, 2.05) is 0 Å². The van der Waals surface area contributed by atoms with Crippen LogP contribution >= 0.6 is 0 Å². The fourth-order valence-electron chi connectivity index (χ4n) is 0.456. The fraction of sp³-hybridized carbons (Fsp3) is 0.600. The zero-order valence-electron chi connectivity index (χ0n) is 5.49. The van der Waals surface area contributed by atoms with E-state index in [1.165, 1.54) is 0 Å². The number of carbonyl (C=O) groups excluding carboxylic acids is 2. The second-order valence-electron chi connectivity index (χ2n) is 1.71. The minimum absolute atomic E-state index is 0.0579. The zero-order chi connectivity index (χ0) is 7.98. The highest BCUT2D eigenvalue weighted by Gasteiger charge is 2.05. The number of rotatable bonds is 4. The van der Waals surface area contributed by atoms with E-state index in [0.29, 0.717) is 12.8 Å². The highest BCUT2D eigenvalue weighted by Crippen LogP contribution is 1.84. The van der Waals surface area contributed by atoms with Gasteiger partial charge in [0.2, 0.25) is 6.41 Å². The predicted molar refractivity (Wildman–Crippen MR) is 34.1 cm³/mol. The van der Waals surface area contributed by atoms with E-state index in [-0.39, 0.29) is 13.2 Å². The maximum Gasteiger partial charge on any atom is 0.321 e. The molecule has 3 N–H and O–H groups in total. The average molecular weight is 146 g/mol. The van der Waals surface area contributed by atoms with E-state index in [9.17, 15) is 9.59 Å². The summed E-state index contributed by atoms with van der Waals surface area (Å²) in [6, 6.07) is -0.788. The molecule has 0 aliphatic rings. The molecule has 0 spiro atoms. The number of hydrogen-bond acceptors (Lipinski definition) is 3. The maximum atomic E-state index is 10.3. The van der Waals surface area contributed by atoms with Crippen LogP contribution in [0.5, 0.6) is 0 Å². The Morgan fingerprint density at radius 3 is 2.60 bits per heavy atom. The van der Waals surface area contributed by atoms with E-state index < -0.39 is 6.03 Å². The molecule has 0 unspecified atom stereocenters. The lowest BCUT2D eigenvalue weighted by Gasteiger charge is -2.09. The number of urea groups is 1. The van der Waals surface area contributed by atoms with Crippen LogP contribution < -0.4 is 5.73 Å². The van der Waals surface area contributed by atoms with Gasteiger partial charge in [-0.3, -0.25) is 9.69 Å². The Balaban J connectivity index is 3.60. The molecule has 0 aromatic rings. The van der Waals surface area contributed by atoms with Gasteiger partial charge in [0.05, 0.1) is 0 Å². The Labute approximate surface area is 58.4 Å². The molecule has 0 rings (SSSR count).